The highest BCUT2D eigenvalue weighted by Crippen LogP contribution is 2.24. The largest absolute Gasteiger partial charge is 0.396 e. The van der Waals surface area contributed by atoms with Crippen LogP contribution in [0, 0.1) is 12.7 Å². The zero-order valence-corrected chi connectivity index (χ0v) is 12.3. The number of nitrogens with two attached hydrogens (primary N) is 1. The number of rotatable bonds is 3. The summed E-state index contributed by atoms with van der Waals surface area (Å²) in [6.45, 7) is 1.99. The van der Waals surface area contributed by atoms with Crippen LogP contribution in [-0.2, 0) is 0 Å². The molecule has 2 aromatic rings. The van der Waals surface area contributed by atoms with Crippen LogP contribution in [0.1, 0.15) is 15.9 Å². The lowest BCUT2D eigenvalue weighted by molar-refractivity contribution is 0.102. The molecule has 3 N–H and O–H groups in total. The maximum atomic E-state index is 13.4. The standard InChI is InChI=1S/C16H18FN3O/c1-10-7-8-11(9-14(10)20(2)3)19-16(21)12-5-4-6-13(17)15(12)18/h4-9H,18H2,1-3H3,(H,19,21). The maximum absolute atomic E-state index is 13.4. The molecule has 0 aliphatic carbocycles. The molecule has 0 saturated carbocycles. The summed E-state index contributed by atoms with van der Waals surface area (Å²) in [6, 6.07) is 9.76. The molecule has 0 aromatic heterocycles. The van der Waals surface area contributed by atoms with Crippen LogP contribution < -0.4 is 16.0 Å². The Morgan fingerprint density at radius 2 is 1.95 bits per heavy atom. The van der Waals surface area contributed by atoms with E-state index in [1.165, 1.54) is 18.2 Å². The van der Waals surface area contributed by atoms with Gasteiger partial charge in [-0.3, -0.25) is 4.79 Å². The predicted octanol–water partition coefficient (Wildman–Crippen LogP) is 3.03. The molecule has 0 spiro atoms. The number of para-hydroxylation sites is 1. The molecule has 0 aliphatic heterocycles. The predicted molar refractivity (Wildman–Crippen MR) is 84.3 cm³/mol. The first kappa shape index (κ1) is 14.8. The third-order valence-corrected chi connectivity index (χ3v) is 3.25. The van der Waals surface area contributed by atoms with Crippen molar-refractivity contribution in [2.45, 2.75) is 6.92 Å². The molecule has 2 aromatic carbocycles. The van der Waals surface area contributed by atoms with Crippen LogP contribution in [0.3, 0.4) is 0 Å². The fraction of sp³-hybridized carbons (Fsp3) is 0.188. The highest BCUT2D eigenvalue weighted by atomic mass is 19.1. The van der Waals surface area contributed by atoms with E-state index >= 15 is 0 Å². The van der Waals surface area contributed by atoms with Gasteiger partial charge in [0.25, 0.3) is 5.91 Å². The Morgan fingerprint density at radius 1 is 1.24 bits per heavy atom. The lowest BCUT2D eigenvalue weighted by Gasteiger charge is -2.17. The van der Waals surface area contributed by atoms with Crippen molar-refractivity contribution in [3.63, 3.8) is 0 Å². The number of aryl methyl sites for hydroxylation is 1. The zero-order valence-electron chi connectivity index (χ0n) is 12.3. The minimum Gasteiger partial charge on any atom is -0.396 e. The van der Waals surface area contributed by atoms with E-state index in [0.29, 0.717) is 5.69 Å². The number of amides is 1. The molecule has 1 amide bonds. The summed E-state index contributed by atoms with van der Waals surface area (Å²) in [6.07, 6.45) is 0. The third kappa shape index (κ3) is 3.13. The molecule has 2 rings (SSSR count). The topological polar surface area (TPSA) is 58.4 Å². The summed E-state index contributed by atoms with van der Waals surface area (Å²) in [5, 5.41) is 2.74. The van der Waals surface area contributed by atoms with Gasteiger partial charge in [0.1, 0.15) is 5.82 Å². The molecule has 0 fully saturated rings. The molecule has 0 heterocycles. The van der Waals surface area contributed by atoms with Crippen LogP contribution in [0.2, 0.25) is 0 Å². The van der Waals surface area contributed by atoms with Gasteiger partial charge in [-0.25, -0.2) is 4.39 Å². The Balaban J connectivity index is 2.28. The number of carbonyl (C=O) groups excluding carboxylic acids is 1. The molecule has 110 valence electrons. The first-order chi connectivity index (χ1) is 9.90. The van der Waals surface area contributed by atoms with Gasteiger partial charge in [0.2, 0.25) is 0 Å². The van der Waals surface area contributed by atoms with Gasteiger partial charge < -0.3 is 16.0 Å². The van der Waals surface area contributed by atoms with E-state index in [4.69, 9.17) is 5.73 Å². The number of halogens is 1. The van der Waals surface area contributed by atoms with Crippen molar-refractivity contribution in [3.8, 4) is 0 Å². The van der Waals surface area contributed by atoms with E-state index < -0.39 is 11.7 Å². The summed E-state index contributed by atoms with van der Waals surface area (Å²) < 4.78 is 13.4. The maximum Gasteiger partial charge on any atom is 0.257 e. The molecular weight excluding hydrogens is 269 g/mol. The van der Waals surface area contributed by atoms with E-state index in [-0.39, 0.29) is 11.3 Å². The highest BCUT2D eigenvalue weighted by Gasteiger charge is 2.13. The molecule has 0 radical (unpaired) electrons. The number of nitrogen functional groups attached to an aromatic ring is 1. The number of anilines is 3. The molecule has 0 aliphatic rings. The number of hydrogen-bond donors (Lipinski definition) is 2. The first-order valence-corrected chi connectivity index (χ1v) is 6.53. The van der Waals surface area contributed by atoms with Gasteiger partial charge in [-0.05, 0) is 36.8 Å². The van der Waals surface area contributed by atoms with Gasteiger partial charge in [-0.2, -0.15) is 0 Å². The van der Waals surface area contributed by atoms with Gasteiger partial charge in [0.05, 0.1) is 11.3 Å². The quantitative estimate of drug-likeness (QED) is 0.853. The van der Waals surface area contributed by atoms with Crippen molar-refractivity contribution in [1.82, 2.24) is 0 Å². The van der Waals surface area contributed by atoms with Crippen LogP contribution in [0.25, 0.3) is 0 Å². The normalized spacial score (nSPS) is 10.3. The summed E-state index contributed by atoms with van der Waals surface area (Å²) in [5.74, 6) is -1.03. The molecule has 0 saturated heterocycles. The summed E-state index contributed by atoms with van der Waals surface area (Å²) in [4.78, 5) is 14.1. The molecule has 21 heavy (non-hydrogen) atoms. The summed E-state index contributed by atoms with van der Waals surface area (Å²) >= 11 is 0. The zero-order chi connectivity index (χ0) is 15.6. The van der Waals surface area contributed by atoms with E-state index in [0.717, 1.165) is 11.3 Å². The first-order valence-electron chi connectivity index (χ1n) is 6.53. The number of nitrogens with one attached hydrogen (secondary N) is 1. The van der Waals surface area contributed by atoms with Crippen LogP contribution >= 0.6 is 0 Å². The molecule has 5 heteroatoms. The van der Waals surface area contributed by atoms with Crippen LogP contribution in [-0.4, -0.2) is 20.0 Å². The van der Waals surface area contributed by atoms with Gasteiger partial charge in [0.15, 0.2) is 0 Å². The van der Waals surface area contributed by atoms with E-state index in [2.05, 4.69) is 5.32 Å². The smallest absolute Gasteiger partial charge is 0.257 e. The number of carbonyl (C=O) groups is 1. The molecule has 0 unspecified atom stereocenters. The average molecular weight is 287 g/mol. The van der Waals surface area contributed by atoms with Crippen LogP contribution in [0.5, 0.6) is 0 Å². The number of nitrogens with zero attached hydrogens (tertiary/aromatic N) is 1. The van der Waals surface area contributed by atoms with Crippen molar-refractivity contribution in [2.24, 2.45) is 0 Å². The second kappa shape index (κ2) is 5.83. The van der Waals surface area contributed by atoms with Crippen molar-refractivity contribution >= 4 is 23.0 Å². The lowest BCUT2D eigenvalue weighted by atomic mass is 10.1. The van der Waals surface area contributed by atoms with E-state index in [9.17, 15) is 9.18 Å². The van der Waals surface area contributed by atoms with Gasteiger partial charge in [-0.15, -0.1) is 0 Å². The van der Waals surface area contributed by atoms with Crippen LogP contribution in [0.4, 0.5) is 21.5 Å². The Morgan fingerprint density at radius 3 is 2.62 bits per heavy atom. The molecular formula is C16H18FN3O. The minimum atomic E-state index is -0.597. The van der Waals surface area contributed by atoms with Gasteiger partial charge in [-0.1, -0.05) is 12.1 Å². The average Bonchev–Trinajstić information content (AvgIpc) is 2.43. The van der Waals surface area contributed by atoms with Crippen molar-refractivity contribution < 1.29 is 9.18 Å². The second-order valence-corrected chi connectivity index (χ2v) is 5.05. The Labute approximate surface area is 123 Å². The van der Waals surface area contributed by atoms with Crippen LogP contribution in [0.15, 0.2) is 36.4 Å². The lowest BCUT2D eigenvalue weighted by Crippen LogP contribution is -2.16. The van der Waals surface area contributed by atoms with Crippen molar-refractivity contribution in [3.05, 3.63) is 53.3 Å². The minimum absolute atomic E-state index is 0.127. The van der Waals surface area contributed by atoms with Crippen molar-refractivity contribution in [1.29, 1.82) is 0 Å². The SMILES string of the molecule is Cc1ccc(NC(=O)c2cccc(F)c2N)cc1N(C)C. The molecule has 4 nitrogen and oxygen atoms in total. The fourth-order valence-electron chi connectivity index (χ4n) is 2.10. The van der Waals surface area contributed by atoms with E-state index in [1.54, 1.807) is 6.07 Å². The van der Waals surface area contributed by atoms with E-state index in [1.807, 2.05) is 38.1 Å². The van der Waals surface area contributed by atoms with Gasteiger partial charge in [0, 0.05) is 25.5 Å². The highest BCUT2D eigenvalue weighted by molar-refractivity contribution is 6.07. The monoisotopic (exact) mass is 287 g/mol. The van der Waals surface area contributed by atoms with Gasteiger partial charge >= 0.3 is 0 Å². The Hall–Kier alpha value is -2.56. The van der Waals surface area contributed by atoms with Crippen molar-refractivity contribution in [2.75, 3.05) is 30.0 Å². The number of hydrogen-bond acceptors (Lipinski definition) is 3. The second-order valence-electron chi connectivity index (χ2n) is 5.05. The molecule has 0 atom stereocenters. The third-order valence-electron chi connectivity index (χ3n) is 3.25. The Bertz CT molecular complexity index is 683. The number of benzene rings is 2. The molecule has 0 bridgehead atoms. The fourth-order valence-corrected chi connectivity index (χ4v) is 2.10. The Kier molecular flexibility index (Phi) is 4.12. The summed E-state index contributed by atoms with van der Waals surface area (Å²) in [5.41, 5.74) is 8.32. The summed E-state index contributed by atoms with van der Waals surface area (Å²) in [7, 11) is 3.86.